The Hall–Kier alpha value is -9.45. The molecule has 18 heteroatoms. The molecule has 75 heavy (non-hydrogen) atoms. The molecule has 6 aromatic carbocycles. The summed E-state index contributed by atoms with van der Waals surface area (Å²) < 4.78 is 0. The zero-order valence-electron chi connectivity index (χ0n) is 42.9. The SMILES string of the molecule is CCN(C(=O)N(C(=O)N(CC)c1ccccc1)c1nc(N(C(=O)N(CC)c2ccccc2)C(=O)N(CC)c2ccccc2)nc(N(C(=O)N(CC)c2ccccc2)C(=O)N(CC)c2ccccc2)n1)c1ccccc1. The van der Waals surface area contributed by atoms with Crippen molar-refractivity contribution in [2.45, 2.75) is 41.5 Å². The van der Waals surface area contributed by atoms with Gasteiger partial charge in [0.05, 0.1) is 0 Å². The van der Waals surface area contributed by atoms with E-state index >= 15 is 28.8 Å². The van der Waals surface area contributed by atoms with E-state index in [1.807, 2.05) is 0 Å². The minimum atomic E-state index is -0.947. The van der Waals surface area contributed by atoms with E-state index in [-0.39, 0.29) is 39.3 Å². The van der Waals surface area contributed by atoms with Gasteiger partial charge in [0.2, 0.25) is 17.8 Å². The molecule has 0 N–H and O–H groups in total. The van der Waals surface area contributed by atoms with Crippen LogP contribution in [0.15, 0.2) is 182 Å². The average molecular weight is 1010 g/mol. The van der Waals surface area contributed by atoms with Crippen LogP contribution in [-0.4, -0.2) is 90.4 Å². The topological polar surface area (TPSA) is 170 Å². The number of carbonyl (C=O) groups excluding carboxylic acids is 6. The first kappa shape index (κ1) is 53.4. The fourth-order valence-corrected chi connectivity index (χ4v) is 8.34. The van der Waals surface area contributed by atoms with E-state index < -0.39 is 54.0 Å². The number of nitrogens with zero attached hydrogens (tertiary/aromatic N) is 12. The second-order valence-electron chi connectivity index (χ2n) is 16.4. The number of carbonyl (C=O) groups is 6. The van der Waals surface area contributed by atoms with Gasteiger partial charge in [-0.1, -0.05) is 109 Å². The molecule has 0 unspecified atom stereocenters. The monoisotopic (exact) mass is 1010 g/mol. The van der Waals surface area contributed by atoms with Crippen LogP contribution in [0.5, 0.6) is 0 Å². The van der Waals surface area contributed by atoms with E-state index in [9.17, 15) is 0 Å². The molecule has 0 fully saturated rings. The predicted molar refractivity (Wildman–Crippen MR) is 296 cm³/mol. The summed E-state index contributed by atoms with van der Waals surface area (Å²) in [6.45, 7) is 10.6. The Morgan fingerprint density at radius 1 is 0.253 bits per heavy atom. The van der Waals surface area contributed by atoms with Gasteiger partial charge in [-0.2, -0.15) is 29.7 Å². The van der Waals surface area contributed by atoms with Gasteiger partial charge in [-0.15, -0.1) is 0 Å². The largest absolute Gasteiger partial charge is 0.339 e. The van der Waals surface area contributed by atoms with Gasteiger partial charge in [0.15, 0.2) is 0 Å². The second kappa shape index (κ2) is 25.3. The molecule has 0 aliphatic carbocycles. The maximum atomic E-state index is 15.6. The molecule has 18 nitrogen and oxygen atoms in total. The minimum absolute atomic E-state index is 0.0389. The van der Waals surface area contributed by atoms with Crippen LogP contribution < -0.4 is 44.1 Å². The zero-order valence-corrected chi connectivity index (χ0v) is 42.9. The summed E-state index contributed by atoms with van der Waals surface area (Å²) in [6, 6.07) is 46.2. The van der Waals surface area contributed by atoms with Crippen molar-refractivity contribution in [1.29, 1.82) is 0 Å². The third-order valence-corrected chi connectivity index (χ3v) is 12.0. The number of urea groups is 6. The highest BCUT2D eigenvalue weighted by atomic mass is 16.2. The number of anilines is 9. The van der Waals surface area contributed by atoms with E-state index in [0.717, 1.165) is 0 Å². The van der Waals surface area contributed by atoms with Crippen molar-refractivity contribution in [3.05, 3.63) is 182 Å². The summed E-state index contributed by atoms with van der Waals surface area (Å²) in [5, 5.41) is 0. The van der Waals surface area contributed by atoms with E-state index in [1.54, 1.807) is 224 Å². The van der Waals surface area contributed by atoms with Crippen LogP contribution in [0.25, 0.3) is 0 Å². The third kappa shape index (κ3) is 11.8. The molecule has 0 radical (unpaired) electrons. The Bertz CT molecular complexity index is 2520. The summed E-state index contributed by atoms with van der Waals surface area (Å²) >= 11 is 0. The molecule has 384 valence electrons. The first-order valence-corrected chi connectivity index (χ1v) is 24.9. The number of hydrogen-bond acceptors (Lipinski definition) is 9. The molecular formula is C57H60N12O6. The van der Waals surface area contributed by atoms with Crippen LogP contribution in [0, 0.1) is 0 Å². The Balaban J connectivity index is 1.60. The van der Waals surface area contributed by atoms with Gasteiger partial charge in [-0.25, -0.2) is 28.8 Å². The zero-order chi connectivity index (χ0) is 53.4. The fourth-order valence-electron chi connectivity index (χ4n) is 8.34. The normalized spacial score (nSPS) is 10.6. The van der Waals surface area contributed by atoms with Crippen LogP contribution in [0.4, 0.5) is 80.7 Å². The molecule has 7 aromatic rings. The van der Waals surface area contributed by atoms with Crippen molar-refractivity contribution in [3.63, 3.8) is 0 Å². The average Bonchev–Trinajstić information content (AvgIpc) is 3.44. The maximum Gasteiger partial charge on any atom is 0.339 e. The second-order valence-corrected chi connectivity index (χ2v) is 16.4. The van der Waals surface area contributed by atoms with Crippen molar-refractivity contribution in [2.75, 3.05) is 83.4 Å². The number of para-hydroxylation sites is 6. The lowest BCUT2D eigenvalue weighted by Crippen LogP contribution is -2.55. The Morgan fingerprint density at radius 2 is 0.387 bits per heavy atom. The lowest BCUT2D eigenvalue weighted by molar-refractivity contribution is 0.239. The van der Waals surface area contributed by atoms with Gasteiger partial charge in [0.25, 0.3) is 0 Å². The number of rotatable bonds is 15. The first-order chi connectivity index (χ1) is 36.5. The quantitative estimate of drug-likeness (QED) is 0.0969. The number of benzene rings is 6. The van der Waals surface area contributed by atoms with E-state index in [2.05, 4.69) is 0 Å². The van der Waals surface area contributed by atoms with E-state index in [4.69, 9.17) is 15.0 Å². The summed E-state index contributed by atoms with van der Waals surface area (Å²) in [5.41, 5.74) is 2.44. The Kier molecular flexibility index (Phi) is 18.0. The van der Waals surface area contributed by atoms with Crippen LogP contribution in [0.1, 0.15) is 41.5 Å². The number of hydrogen-bond donors (Lipinski definition) is 0. The number of aromatic nitrogens is 3. The molecule has 0 aliphatic rings. The summed E-state index contributed by atoms with van der Waals surface area (Å²) in [6.07, 6.45) is 0. The third-order valence-electron chi connectivity index (χ3n) is 12.0. The smallest absolute Gasteiger partial charge is 0.294 e. The summed E-state index contributed by atoms with van der Waals surface area (Å²) in [4.78, 5) is 118. The van der Waals surface area contributed by atoms with Gasteiger partial charge in [0.1, 0.15) is 0 Å². The molecule has 0 saturated heterocycles. The highest BCUT2D eigenvalue weighted by Gasteiger charge is 2.42. The van der Waals surface area contributed by atoms with Gasteiger partial charge in [0, 0.05) is 73.4 Å². The van der Waals surface area contributed by atoms with Crippen molar-refractivity contribution in [2.24, 2.45) is 0 Å². The van der Waals surface area contributed by atoms with Crippen molar-refractivity contribution in [3.8, 4) is 0 Å². The van der Waals surface area contributed by atoms with E-state index in [0.29, 0.717) is 48.8 Å². The van der Waals surface area contributed by atoms with Crippen molar-refractivity contribution < 1.29 is 28.8 Å². The van der Waals surface area contributed by atoms with Gasteiger partial charge < -0.3 is 0 Å². The fraction of sp³-hybridized carbons (Fsp3) is 0.211. The van der Waals surface area contributed by atoms with Gasteiger partial charge >= 0.3 is 36.2 Å². The molecule has 0 saturated carbocycles. The van der Waals surface area contributed by atoms with Crippen molar-refractivity contribution >= 4 is 88.2 Å². The van der Waals surface area contributed by atoms with Crippen LogP contribution >= 0.6 is 0 Å². The Morgan fingerprint density at radius 3 is 0.507 bits per heavy atom. The molecule has 1 aromatic heterocycles. The van der Waals surface area contributed by atoms with Gasteiger partial charge in [-0.05, 0) is 114 Å². The maximum absolute atomic E-state index is 15.6. The lowest BCUT2D eigenvalue weighted by atomic mass is 10.3. The summed E-state index contributed by atoms with van der Waals surface area (Å²) in [5.74, 6) is -2.16. The molecule has 0 aliphatic heterocycles. The molecule has 1 heterocycles. The molecule has 0 bridgehead atoms. The summed E-state index contributed by atoms with van der Waals surface area (Å²) in [7, 11) is 0. The van der Waals surface area contributed by atoms with Crippen LogP contribution in [0.3, 0.4) is 0 Å². The van der Waals surface area contributed by atoms with Gasteiger partial charge in [-0.3, -0.25) is 29.4 Å². The molecule has 7 rings (SSSR count). The van der Waals surface area contributed by atoms with E-state index in [1.165, 1.54) is 29.4 Å². The lowest BCUT2D eigenvalue weighted by Gasteiger charge is -2.35. The first-order valence-electron chi connectivity index (χ1n) is 24.9. The van der Waals surface area contributed by atoms with Crippen molar-refractivity contribution in [1.82, 2.24) is 15.0 Å². The highest BCUT2D eigenvalue weighted by molar-refractivity contribution is 6.25. The highest BCUT2D eigenvalue weighted by Crippen LogP contribution is 2.31. The predicted octanol–water partition coefficient (Wildman–Crippen LogP) is 12.2. The van der Waals surface area contributed by atoms with Crippen LogP contribution in [-0.2, 0) is 0 Å². The molecular weight excluding hydrogens is 949 g/mol. The minimum Gasteiger partial charge on any atom is -0.294 e. The Labute approximate surface area is 437 Å². The standard InChI is InChI=1S/C57H60N12O6/c1-7-61(43-31-19-13-20-32-43)52(70)67(53(71)62(8-2)44-33-21-14-22-34-44)49-58-50(68(54(72)63(9-3)45-35-23-15-24-36-45)55(73)64(10-4)46-37-25-16-26-38-46)60-51(59-49)69(56(74)65(11-5)47-39-27-17-28-40-47)57(75)66(12-6)48-41-29-18-30-42-48/h13-42H,7-12H2,1-6H3. The number of imide groups is 3. The molecule has 0 atom stereocenters. The molecule has 0 spiro atoms. The molecule has 12 amide bonds. The number of amides is 12. The van der Waals surface area contributed by atoms with Crippen LogP contribution in [0.2, 0.25) is 0 Å².